The van der Waals surface area contributed by atoms with Crippen molar-refractivity contribution in [2.45, 2.75) is 18.9 Å². The van der Waals surface area contributed by atoms with Crippen molar-refractivity contribution in [1.29, 1.82) is 0 Å². The van der Waals surface area contributed by atoms with Gasteiger partial charge in [-0.15, -0.1) is 0 Å². The van der Waals surface area contributed by atoms with E-state index in [9.17, 15) is 14.0 Å². The smallest absolute Gasteiger partial charge is 0.334 e. The van der Waals surface area contributed by atoms with E-state index in [1.807, 2.05) is 0 Å². The van der Waals surface area contributed by atoms with Gasteiger partial charge in [0.25, 0.3) is 0 Å². The molecule has 22 heavy (non-hydrogen) atoms. The molecule has 1 heterocycles. The number of ether oxygens (including phenoxy) is 2. The molecule has 0 saturated carbocycles. The third-order valence-electron chi connectivity index (χ3n) is 3.32. The summed E-state index contributed by atoms with van der Waals surface area (Å²) in [6.07, 6.45) is -0.310. The van der Waals surface area contributed by atoms with E-state index in [1.54, 1.807) is 12.1 Å². The van der Waals surface area contributed by atoms with Crippen LogP contribution in [0, 0.1) is 5.82 Å². The van der Waals surface area contributed by atoms with E-state index >= 15 is 0 Å². The molecule has 120 valence electrons. The fourth-order valence-corrected chi connectivity index (χ4v) is 2.15. The van der Waals surface area contributed by atoms with E-state index in [1.165, 1.54) is 17.0 Å². The fourth-order valence-electron chi connectivity index (χ4n) is 2.15. The standard InChI is InChI=1S/C15H18FNO5/c16-11-4-1-2-5-12(11)21-8-3-6-14(18)17-7-9-22-13(10-17)15(19)20/h1-2,4-5,13H,3,6-10H2,(H,19,20). The second-order valence-corrected chi connectivity index (χ2v) is 4.92. The Morgan fingerprint density at radius 2 is 2.18 bits per heavy atom. The first kappa shape index (κ1) is 16.2. The summed E-state index contributed by atoms with van der Waals surface area (Å²) in [5, 5.41) is 8.89. The average molecular weight is 311 g/mol. The first-order valence-electron chi connectivity index (χ1n) is 7.07. The summed E-state index contributed by atoms with van der Waals surface area (Å²) in [7, 11) is 0. The van der Waals surface area contributed by atoms with Crippen LogP contribution in [-0.4, -0.2) is 54.3 Å². The van der Waals surface area contributed by atoms with E-state index < -0.39 is 17.9 Å². The molecule has 2 rings (SSSR count). The molecule has 0 bridgehead atoms. The van der Waals surface area contributed by atoms with Crippen molar-refractivity contribution in [3.63, 3.8) is 0 Å². The van der Waals surface area contributed by atoms with Crippen LogP contribution < -0.4 is 4.74 Å². The number of aliphatic carboxylic acids is 1. The lowest BCUT2D eigenvalue weighted by Crippen LogP contribution is -2.48. The quantitative estimate of drug-likeness (QED) is 0.801. The molecule has 7 heteroatoms. The van der Waals surface area contributed by atoms with Crippen LogP contribution in [0.5, 0.6) is 5.75 Å². The molecule has 1 saturated heterocycles. The van der Waals surface area contributed by atoms with Crippen molar-refractivity contribution >= 4 is 11.9 Å². The van der Waals surface area contributed by atoms with Crippen LogP contribution in [0.15, 0.2) is 24.3 Å². The molecule has 0 spiro atoms. The Balaban J connectivity index is 1.71. The Bertz CT molecular complexity index is 536. The number of amides is 1. The topological polar surface area (TPSA) is 76.1 Å². The number of rotatable bonds is 6. The number of carboxylic acid groups (broad SMARTS) is 1. The van der Waals surface area contributed by atoms with Crippen molar-refractivity contribution in [3.05, 3.63) is 30.1 Å². The van der Waals surface area contributed by atoms with Gasteiger partial charge in [0.15, 0.2) is 17.7 Å². The molecule has 1 N–H and O–H groups in total. The third-order valence-corrected chi connectivity index (χ3v) is 3.32. The highest BCUT2D eigenvalue weighted by atomic mass is 19.1. The Hall–Kier alpha value is -2.15. The largest absolute Gasteiger partial charge is 0.491 e. The summed E-state index contributed by atoms with van der Waals surface area (Å²) in [4.78, 5) is 24.3. The fraction of sp³-hybridized carbons (Fsp3) is 0.467. The van der Waals surface area contributed by atoms with Crippen LogP contribution in [0.1, 0.15) is 12.8 Å². The second kappa shape index (κ2) is 7.74. The summed E-state index contributed by atoms with van der Waals surface area (Å²) < 4.78 is 23.6. The number of carbonyl (C=O) groups excluding carboxylic acids is 1. The van der Waals surface area contributed by atoms with Gasteiger partial charge in [-0.05, 0) is 18.6 Å². The molecule has 0 radical (unpaired) electrons. The Morgan fingerprint density at radius 1 is 1.41 bits per heavy atom. The Kier molecular flexibility index (Phi) is 5.71. The van der Waals surface area contributed by atoms with Gasteiger partial charge in [0, 0.05) is 13.0 Å². The van der Waals surface area contributed by atoms with Crippen molar-refractivity contribution in [1.82, 2.24) is 4.90 Å². The number of halogens is 1. The lowest BCUT2D eigenvalue weighted by atomic mass is 10.2. The first-order chi connectivity index (χ1) is 10.6. The van der Waals surface area contributed by atoms with Crippen LogP contribution in [0.4, 0.5) is 4.39 Å². The normalized spacial score (nSPS) is 18.0. The summed E-state index contributed by atoms with van der Waals surface area (Å²) in [5.74, 6) is -1.49. The van der Waals surface area contributed by atoms with Crippen molar-refractivity contribution in [2.75, 3.05) is 26.3 Å². The molecule has 1 unspecified atom stereocenters. The summed E-state index contributed by atoms with van der Waals surface area (Å²) >= 11 is 0. The highest BCUT2D eigenvalue weighted by Crippen LogP contribution is 2.16. The zero-order valence-corrected chi connectivity index (χ0v) is 12.0. The van der Waals surface area contributed by atoms with Gasteiger partial charge < -0.3 is 19.5 Å². The van der Waals surface area contributed by atoms with Gasteiger partial charge in [-0.25, -0.2) is 9.18 Å². The molecule has 1 aliphatic heterocycles. The van der Waals surface area contributed by atoms with Crippen LogP contribution in [0.2, 0.25) is 0 Å². The maximum atomic E-state index is 13.3. The predicted molar refractivity (Wildman–Crippen MR) is 75.1 cm³/mol. The van der Waals surface area contributed by atoms with Crippen molar-refractivity contribution in [2.24, 2.45) is 0 Å². The van der Waals surface area contributed by atoms with Crippen LogP contribution in [0.25, 0.3) is 0 Å². The minimum absolute atomic E-state index is 0.0579. The number of para-hydroxylation sites is 1. The third kappa shape index (κ3) is 4.42. The summed E-state index contributed by atoms with van der Waals surface area (Å²) in [5.41, 5.74) is 0. The lowest BCUT2D eigenvalue weighted by molar-refractivity contribution is -0.159. The zero-order chi connectivity index (χ0) is 15.9. The summed E-state index contributed by atoms with van der Waals surface area (Å²) in [6, 6.07) is 6.07. The maximum Gasteiger partial charge on any atom is 0.334 e. The number of hydrogen-bond acceptors (Lipinski definition) is 4. The summed E-state index contributed by atoms with van der Waals surface area (Å²) in [6.45, 7) is 0.882. The van der Waals surface area contributed by atoms with Gasteiger partial charge in [0.1, 0.15) is 0 Å². The number of morpholine rings is 1. The number of hydrogen-bond donors (Lipinski definition) is 1. The number of benzene rings is 1. The van der Waals surface area contributed by atoms with E-state index in [2.05, 4.69) is 0 Å². The maximum absolute atomic E-state index is 13.3. The van der Waals surface area contributed by atoms with E-state index in [-0.39, 0.29) is 37.8 Å². The molecule has 1 atom stereocenters. The minimum atomic E-state index is -1.07. The molecule has 0 aliphatic carbocycles. The monoisotopic (exact) mass is 311 g/mol. The highest BCUT2D eigenvalue weighted by Gasteiger charge is 2.28. The number of nitrogens with zero attached hydrogens (tertiary/aromatic N) is 1. The van der Waals surface area contributed by atoms with E-state index in [4.69, 9.17) is 14.6 Å². The number of carbonyl (C=O) groups is 2. The number of carboxylic acids is 1. The average Bonchev–Trinajstić information content (AvgIpc) is 2.53. The van der Waals surface area contributed by atoms with Gasteiger partial charge in [-0.1, -0.05) is 12.1 Å². The Morgan fingerprint density at radius 3 is 2.91 bits per heavy atom. The molecule has 1 fully saturated rings. The van der Waals surface area contributed by atoms with Gasteiger partial charge in [0.2, 0.25) is 5.91 Å². The van der Waals surface area contributed by atoms with E-state index in [0.29, 0.717) is 13.0 Å². The Labute approximate surface area is 127 Å². The SMILES string of the molecule is O=C(O)C1CN(C(=O)CCCOc2ccccc2F)CCO1. The molecule has 1 amide bonds. The molecule has 6 nitrogen and oxygen atoms in total. The first-order valence-corrected chi connectivity index (χ1v) is 7.07. The van der Waals surface area contributed by atoms with Crippen LogP contribution in [-0.2, 0) is 14.3 Å². The molecule has 0 aromatic heterocycles. The van der Waals surface area contributed by atoms with Crippen LogP contribution >= 0.6 is 0 Å². The zero-order valence-electron chi connectivity index (χ0n) is 12.0. The second-order valence-electron chi connectivity index (χ2n) is 4.92. The lowest BCUT2D eigenvalue weighted by Gasteiger charge is -2.30. The molecule has 1 aliphatic rings. The van der Waals surface area contributed by atoms with Gasteiger partial charge in [-0.3, -0.25) is 4.79 Å². The van der Waals surface area contributed by atoms with Crippen molar-refractivity contribution < 1.29 is 28.6 Å². The van der Waals surface area contributed by atoms with Crippen LogP contribution in [0.3, 0.4) is 0 Å². The van der Waals surface area contributed by atoms with Crippen molar-refractivity contribution in [3.8, 4) is 5.75 Å². The molecular formula is C15H18FNO5. The van der Waals surface area contributed by atoms with Gasteiger partial charge in [-0.2, -0.15) is 0 Å². The molecule has 1 aromatic rings. The molecular weight excluding hydrogens is 293 g/mol. The van der Waals surface area contributed by atoms with Gasteiger partial charge in [0.05, 0.1) is 19.8 Å². The minimum Gasteiger partial charge on any atom is -0.491 e. The molecule has 1 aromatic carbocycles. The highest BCUT2D eigenvalue weighted by molar-refractivity contribution is 5.78. The predicted octanol–water partition coefficient (Wildman–Crippen LogP) is 1.30. The van der Waals surface area contributed by atoms with Gasteiger partial charge >= 0.3 is 5.97 Å². The van der Waals surface area contributed by atoms with E-state index in [0.717, 1.165) is 0 Å².